The maximum atomic E-state index is 12.6. The fraction of sp³-hybridized carbons (Fsp3) is 0.438. The standard InChI is InChI=1S/C16H17NO2/c1-9-2-5-14-10(6-9)7-15(19-14)16(18)12-8-11-3-4-13(12)17-11/h2,5-7,11-13,17H,3-4,8H2,1H3. The summed E-state index contributed by atoms with van der Waals surface area (Å²) in [7, 11) is 0. The molecule has 2 bridgehead atoms. The Hall–Kier alpha value is -1.61. The average Bonchev–Trinajstić information content (AvgIpc) is 3.11. The van der Waals surface area contributed by atoms with Crippen molar-refractivity contribution in [2.75, 3.05) is 0 Å². The van der Waals surface area contributed by atoms with Gasteiger partial charge in [-0.3, -0.25) is 4.79 Å². The highest BCUT2D eigenvalue weighted by molar-refractivity contribution is 5.99. The zero-order valence-corrected chi connectivity index (χ0v) is 11.0. The summed E-state index contributed by atoms with van der Waals surface area (Å²) in [5.74, 6) is 0.814. The van der Waals surface area contributed by atoms with Crippen LogP contribution in [0.5, 0.6) is 0 Å². The second-order valence-electron chi connectivity index (χ2n) is 5.91. The molecule has 19 heavy (non-hydrogen) atoms. The minimum atomic E-state index is 0.111. The molecule has 4 rings (SSSR count). The van der Waals surface area contributed by atoms with Crippen LogP contribution in [-0.2, 0) is 0 Å². The van der Waals surface area contributed by atoms with Gasteiger partial charge in [0.05, 0.1) is 0 Å². The van der Waals surface area contributed by atoms with Crippen LogP contribution in [0, 0.1) is 12.8 Å². The molecule has 1 N–H and O–H groups in total. The maximum Gasteiger partial charge on any atom is 0.202 e. The molecule has 1 aromatic heterocycles. The lowest BCUT2D eigenvalue weighted by atomic mass is 9.85. The van der Waals surface area contributed by atoms with E-state index >= 15 is 0 Å². The molecule has 2 aliphatic rings. The maximum absolute atomic E-state index is 12.6. The molecule has 3 atom stereocenters. The van der Waals surface area contributed by atoms with Gasteiger partial charge in [0.2, 0.25) is 5.78 Å². The molecule has 3 heteroatoms. The van der Waals surface area contributed by atoms with E-state index in [-0.39, 0.29) is 11.7 Å². The Morgan fingerprint density at radius 3 is 2.95 bits per heavy atom. The fourth-order valence-electron chi connectivity index (χ4n) is 3.58. The third-order valence-electron chi connectivity index (χ3n) is 4.55. The van der Waals surface area contributed by atoms with E-state index in [1.807, 2.05) is 25.1 Å². The second-order valence-corrected chi connectivity index (χ2v) is 5.91. The number of hydrogen-bond acceptors (Lipinski definition) is 3. The summed E-state index contributed by atoms with van der Waals surface area (Å²) >= 11 is 0. The van der Waals surface area contributed by atoms with Gasteiger partial charge in [-0.1, -0.05) is 11.6 Å². The highest BCUT2D eigenvalue weighted by atomic mass is 16.3. The number of benzene rings is 1. The number of Topliss-reactive ketones (excluding diaryl/α,β-unsaturated/α-hetero) is 1. The largest absolute Gasteiger partial charge is 0.453 e. The number of carbonyl (C=O) groups is 1. The molecule has 0 amide bonds. The zero-order valence-electron chi connectivity index (χ0n) is 11.0. The Kier molecular flexibility index (Phi) is 2.33. The van der Waals surface area contributed by atoms with Crippen molar-refractivity contribution in [3.05, 3.63) is 35.6 Å². The van der Waals surface area contributed by atoms with Gasteiger partial charge in [0, 0.05) is 23.4 Å². The first kappa shape index (κ1) is 11.2. The van der Waals surface area contributed by atoms with Crippen molar-refractivity contribution in [2.24, 2.45) is 5.92 Å². The summed E-state index contributed by atoms with van der Waals surface area (Å²) in [5.41, 5.74) is 2.00. The van der Waals surface area contributed by atoms with Crippen LogP contribution in [0.3, 0.4) is 0 Å². The Morgan fingerprint density at radius 2 is 2.21 bits per heavy atom. The van der Waals surface area contributed by atoms with Crippen LogP contribution in [0.15, 0.2) is 28.7 Å². The van der Waals surface area contributed by atoms with Crippen molar-refractivity contribution in [3.63, 3.8) is 0 Å². The van der Waals surface area contributed by atoms with Crippen LogP contribution in [-0.4, -0.2) is 17.9 Å². The number of rotatable bonds is 2. The van der Waals surface area contributed by atoms with Crippen LogP contribution in [0.25, 0.3) is 11.0 Å². The van der Waals surface area contributed by atoms with E-state index in [0.717, 1.165) is 23.8 Å². The summed E-state index contributed by atoms with van der Waals surface area (Å²) in [5, 5.41) is 4.54. The van der Waals surface area contributed by atoms with Crippen molar-refractivity contribution < 1.29 is 9.21 Å². The van der Waals surface area contributed by atoms with Gasteiger partial charge in [0.15, 0.2) is 5.76 Å². The predicted molar refractivity (Wildman–Crippen MR) is 73.3 cm³/mol. The molecule has 2 aliphatic heterocycles. The number of aryl methyl sites for hydroxylation is 1. The van der Waals surface area contributed by atoms with Crippen LogP contribution in [0.4, 0.5) is 0 Å². The molecular formula is C16H17NO2. The second kappa shape index (κ2) is 3.94. The molecule has 1 aromatic carbocycles. The van der Waals surface area contributed by atoms with Gasteiger partial charge >= 0.3 is 0 Å². The molecule has 2 saturated heterocycles. The molecule has 2 fully saturated rings. The molecule has 0 radical (unpaired) electrons. The predicted octanol–water partition coefficient (Wildman–Crippen LogP) is 3.06. The summed E-state index contributed by atoms with van der Waals surface area (Å²) in [6.07, 6.45) is 3.31. The highest BCUT2D eigenvalue weighted by Crippen LogP contribution is 2.36. The summed E-state index contributed by atoms with van der Waals surface area (Å²) in [6, 6.07) is 8.84. The van der Waals surface area contributed by atoms with Gasteiger partial charge < -0.3 is 9.73 Å². The minimum Gasteiger partial charge on any atom is -0.453 e. The summed E-state index contributed by atoms with van der Waals surface area (Å²) < 4.78 is 5.73. The lowest BCUT2D eigenvalue weighted by Gasteiger charge is -2.17. The highest BCUT2D eigenvalue weighted by Gasteiger charge is 2.43. The average molecular weight is 255 g/mol. The van der Waals surface area contributed by atoms with Crippen LogP contribution in [0.2, 0.25) is 0 Å². The van der Waals surface area contributed by atoms with Crippen molar-refractivity contribution >= 4 is 16.8 Å². The number of fused-ring (bicyclic) bond motifs is 3. The van der Waals surface area contributed by atoms with Crippen molar-refractivity contribution in [3.8, 4) is 0 Å². The van der Waals surface area contributed by atoms with Crippen LogP contribution >= 0.6 is 0 Å². The third-order valence-corrected chi connectivity index (χ3v) is 4.55. The van der Waals surface area contributed by atoms with Gasteiger partial charge in [0.1, 0.15) is 5.58 Å². The first-order valence-electron chi connectivity index (χ1n) is 7.01. The van der Waals surface area contributed by atoms with Crippen molar-refractivity contribution in [2.45, 2.75) is 38.3 Å². The molecule has 3 unspecified atom stereocenters. The molecule has 3 heterocycles. The number of hydrogen-bond donors (Lipinski definition) is 1. The van der Waals surface area contributed by atoms with Crippen molar-refractivity contribution in [1.29, 1.82) is 0 Å². The molecule has 0 spiro atoms. The quantitative estimate of drug-likeness (QED) is 0.839. The molecule has 0 aliphatic carbocycles. The lowest BCUT2D eigenvalue weighted by molar-refractivity contribution is 0.0874. The van der Waals surface area contributed by atoms with Crippen molar-refractivity contribution in [1.82, 2.24) is 5.32 Å². The van der Waals surface area contributed by atoms with Gasteiger partial charge in [-0.2, -0.15) is 0 Å². The van der Waals surface area contributed by atoms with Gasteiger partial charge in [-0.15, -0.1) is 0 Å². The molecule has 98 valence electrons. The SMILES string of the molecule is Cc1ccc2oc(C(=O)C3CC4CCC3N4)cc2c1. The van der Waals surface area contributed by atoms with Gasteiger partial charge in [0.25, 0.3) is 0 Å². The molecular weight excluding hydrogens is 238 g/mol. The molecule has 0 saturated carbocycles. The van der Waals surface area contributed by atoms with Gasteiger partial charge in [-0.25, -0.2) is 0 Å². The van der Waals surface area contributed by atoms with Gasteiger partial charge in [-0.05, 0) is 44.4 Å². The van der Waals surface area contributed by atoms with Crippen LogP contribution in [0.1, 0.15) is 35.4 Å². The van der Waals surface area contributed by atoms with E-state index in [1.165, 1.54) is 12.0 Å². The minimum absolute atomic E-state index is 0.111. The van der Waals surface area contributed by atoms with E-state index in [2.05, 4.69) is 11.4 Å². The summed E-state index contributed by atoms with van der Waals surface area (Å²) in [6.45, 7) is 2.05. The molecule has 2 aromatic rings. The zero-order chi connectivity index (χ0) is 13.0. The number of furan rings is 1. The Balaban J connectivity index is 1.68. The smallest absolute Gasteiger partial charge is 0.202 e. The van der Waals surface area contributed by atoms with Crippen LogP contribution < -0.4 is 5.32 Å². The normalized spacial score (nSPS) is 29.2. The number of nitrogens with one attached hydrogen (secondary N) is 1. The van der Waals surface area contributed by atoms with E-state index < -0.39 is 0 Å². The first-order valence-corrected chi connectivity index (χ1v) is 7.01. The topological polar surface area (TPSA) is 42.2 Å². The van der Waals surface area contributed by atoms with E-state index in [9.17, 15) is 4.79 Å². The Bertz CT molecular complexity index is 658. The van der Waals surface area contributed by atoms with E-state index in [4.69, 9.17) is 4.42 Å². The fourth-order valence-corrected chi connectivity index (χ4v) is 3.58. The Morgan fingerprint density at radius 1 is 1.32 bits per heavy atom. The monoisotopic (exact) mass is 255 g/mol. The number of ketones is 1. The first-order chi connectivity index (χ1) is 9.20. The lowest BCUT2D eigenvalue weighted by Crippen LogP contribution is -2.28. The van der Waals surface area contributed by atoms with E-state index in [0.29, 0.717) is 17.8 Å². The third kappa shape index (κ3) is 1.72. The molecule has 3 nitrogen and oxygen atoms in total. The number of carbonyl (C=O) groups excluding carboxylic acids is 1. The summed E-state index contributed by atoms with van der Waals surface area (Å²) in [4.78, 5) is 12.6. The van der Waals surface area contributed by atoms with E-state index in [1.54, 1.807) is 0 Å². The Labute approximate surface area is 112 Å².